The number of carboxylic acids is 2. The van der Waals surface area contributed by atoms with Crippen molar-refractivity contribution >= 4 is 57.6 Å². The van der Waals surface area contributed by atoms with Crippen molar-refractivity contribution in [1.82, 2.24) is 4.98 Å². The van der Waals surface area contributed by atoms with E-state index in [-0.39, 0.29) is 18.6 Å². The van der Waals surface area contributed by atoms with Gasteiger partial charge in [-0.15, -0.1) is 0 Å². The van der Waals surface area contributed by atoms with Gasteiger partial charge in [0.1, 0.15) is 5.60 Å². The average molecular weight is 455 g/mol. The molecule has 0 radical (unpaired) electrons. The number of ether oxygens (including phenoxy) is 1. The number of aromatic nitrogens is 1. The SMILES string of the molecule is O=C(O)CC1(c2ccc(C(=O)O)cc2)OCCc2c1[nH]c1c(Cl)cc(Cl)c(Cl)c21. The van der Waals surface area contributed by atoms with Gasteiger partial charge in [-0.1, -0.05) is 46.9 Å². The van der Waals surface area contributed by atoms with E-state index in [4.69, 9.17) is 44.6 Å². The van der Waals surface area contributed by atoms with E-state index in [1.807, 2.05) is 0 Å². The fourth-order valence-electron chi connectivity index (χ4n) is 3.88. The van der Waals surface area contributed by atoms with E-state index in [1.165, 1.54) is 18.2 Å². The molecule has 4 rings (SSSR count). The summed E-state index contributed by atoms with van der Waals surface area (Å²) in [6.45, 7) is 0.244. The molecule has 29 heavy (non-hydrogen) atoms. The monoisotopic (exact) mass is 453 g/mol. The zero-order valence-electron chi connectivity index (χ0n) is 14.8. The smallest absolute Gasteiger partial charge is 0.335 e. The van der Waals surface area contributed by atoms with Crippen molar-refractivity contribution in [2.75, 3.05) is 6.61 Å². The second-order valence-electron chi connectivity index (χ2n) is 6.76. The maximum absolute atomic E-state index is 11.8. The number of benzene rings is 2. The molecule has 3 aromatic rings. The molecular formula is C20H14Cl3NO5. The lowest BCUT2D eigenvalue weighted by Crippen LogP contribution is -2.39. The van der Waals surface area contributed by atoms with Crippen LogP contribution in [0.15, 0.2) is 30.3 Å². The molecule has 0 fully saturated rings. The molecule has 0 saturated carbocycles. The van der Waals surface area contributed by atoms with Crippen molar-refractivity contribution in [2.45, 2.75) is 18.4 Å². The molecule has 3 N–H and O–H groups in total. The van der Waals surface area contributed by atoms with Gasteiger partial charge in [-0.05, 0) is 35.7 Å². The van der Waals surface area contributed by atoms with Gasteiger partial charge in [-0.25, -0.2) is 4.79 Å². The van der Waals surface area contributed by atoms with Crippen LogP contribution in [-0.2, 0) is 21.6 Å². The zero-order valence-corrected chi connectivity index (χ0v) is 17.0. The Morgan fingerprint density at radius 1 is 1.10 bits per heavy atom. The number of nitrogens with one attached hydrogen (secondary N) is 1. The van der Waals surface area contributed by atoms with Gasteiger partial charge >= 0.3 is 11.9 Å². The quantitative estimate of drug-likeness (QED) is 0.475. The third kappa shape index (κ3) is 3.16. The van der Waals surface area contributed by atoms with Gasteiger partial charge in [0.2, 0.25) is 0 Å². The Hall–Kier alpha value is -2.25. The Balaban J connectivity index is 2.01. The summed E-state index contributed by atoms with van der Waals surface area (Å²) in [6, 6.07) is 7.47. The predicted octanol–water partition coefficient (Wildman–Crippen LogP) is 5.12. The maximum atomic E-state index is 11.8. The second kappa shape index (κ2) is 7.22. The molecule has 9 heteroatoms. The Morgan fingerprint density at radius 2 is 1.79 bits per heavy atom. The molecule has 0 aliphatic carbocycles. The topological polar surface area (TPSA) is 99.6 Å². The van der Waals surface area contributed by atoms with Crippen molar-refractivity contribution < 1.29 is 24.5 Å². The van der Waals surface area contributed by atoms with E-state index in [1.54, 1.807) is 12.1 Å². The summed E-state index contributed by atoms with van der Waals surface area (Å²) >= 11 is 19.0. The Bertz CT molecular complexity index is 1160. The van der Waals surface area contributed by atoms with E-state index < -0.39 is 17.5 Å². The number of fused-ring (bicyclic) bond motifs is 3. The Morgan fingerprint density at radius 3 is 2.41 bits per heavy atom. The van der Waals surface area contributed by atoms with E-state index in [0.717, 1.165) is 5.56 Å². The number of aromatic amines is 1. The molecule has 0 spiro atoms. The molecule has 0 saturated heterocycles. The van der Waals surface area contributed by atoms with Gasteiger partial charge in [0.05, 0.1) is 44.9 Å². The van der Waals surface area contributed by atoms with E-state index in [0.29, 0.717) is 43.6 Å². The minimum Gasteiger partial charge on any atom is -0.481 e. The van der Waals surface area contributed by atoms with Gasteiger partial charge in [-0.2, -0.15) is 0 Å². The van der Waals surface area contributed by atoms with Crippen molar-refractivity contribution in [3.05, 3.63) is 67.8 Å². The van der Waals surface area contributed by atoms with Gasteiger partial charge < -0.3 is 19.9 Å². The lowest BCUT2D eigenvalue weighted by molar-refractivity contribution is -0.144. The molecule has 0 amide bonds. The molecule has 1 aromatic heterocycles. The number of hydrogen-bond acceptors (Lipinski definition) is 3. The number of aliphatic carboxylic acids is 1. The molecule has 150 valence electrons. The van der Waals surface area contributed by atoms with Crippen LogP contribution in [0, 0.1) is 0 Å². The maximum Gasteiger partial charge on any atom is 0.335 e. The third-order valence-corrected chi connectivity index (χ3v) is 6.21. The number of rotatable bonds is 4. The number of hydrogen-bond donors (Lipinski definition) is 3. The molecule has 0 bridgehead atoms. The highest BCUT2D eigenvalue weighted by Gasteiger charge is 2.44. The summed E-state index contributed by atoms with van der Waals surface area (Å²) in [5, 5.41) is 20.4. The Kier molecular flexibility index (Phi) is 4.99. The predicted molar refractivity (Wildman–Crippen MR) is 109 cm³/mol. The van der Waals surface area contributed by atoms with Crippen molar-refractivity contribution in [3.63, 3.8) is 0 Å². The molecule has 1 aliphatic rings. The molecule has 2 heterocycles. The molecule has 1 atom stereocenters. The van der Waals surface area contributed by atoms with Crippen LogP contribution in [0.25, 0.3) is 10.9 Å². The van der Waals surface area contributed by atoms with Crippen molar-refractivity contribution in [2.24, 2.45) is 0 Å². The fourth-order valence-corrected chi connectivity index (χ4v) is 4.66. The lowest BCUT2D eigenvalue weighted by atomic mass is 9.82. The lowest BCUT2D eigenvalue weighted by Gasteiger charge is -2.37. The number of carbonyl (C=O) groups is 2. The molecule has 1 aliphatic heterocycles. The minimum atomic E-state index is -1.35. The molecule has 2 aromatic carbocycles. The molecule has 1 unspecified atom stereocenters. The van der Waals surface area contributed by atoms with E-state index in [9.17, 15) is 14.7 Å². The van der Waals surface area contributed by atoms with Gasteiger partial charge in [0.25, 0.3) is 0 Å². The zero-order chi connectivity index (χ0) is 20.9. The largest absolute Gasteiger partial charge is 0.481 e. The standard InChI is InChI=1S/C20H14Cl3NO5/c21-12-7-13(22)17-15(16(12)23)11-5-6-29-20(8-14(25)26,18(11)24-17)10-3-1-9(2-4-10)19(27)28/h1-4,7,24H,5-6,8H2,(H,25,26)(H,27,28). The summed E-state index contributed by atoms with van der Waals surface area (Å²) < 4.78 is 6.05. The van der Waals surface area contributed by atoms with Crippen LogP contribution >= 0.6 is 34.8 Å². The molecular weight excluding hydrogens is 441 g/mol. The first kappa shape index (κ1) is 20.0. The van der Waals surface area contributed by atoms with Crippen LogP contribution in [-0.4, -0.2) is 33.7 Å². The van der Waals surface area contributed by atoms with Crippen LogP contribution in [0.4, 0.5) is 0 Å². The summed E-state index contributed by atoms with van der Waals surface area (Å²) in [5.41, 5.74) is 1.10. The summed E-state index contributed by atoms with van der Waals surface area (Å²) in [7, 11) is 0. The molecule has 6 nitrogen and oxygen atoms in total. The highest BCUT2D eigenvalue weighted by atomic mass is 35.5. The van der Waals surface area contributed by atoms with Crippen LogP contribution in [0.3, 0.4) is 0 Å². The normalized spacial score (nSPS) is 18.6. The third-order valence-electron chi connectivity index (χ3n) is 5.13. The van der Waals surface area contributed by atoms with Crippen LogP contribution in [0.2, 0.25) is 15.1 Å². The average Bonchev–Trinajstić information content (AvgIpc) is 3.07. The highest BCUT2D eigenvalue weighted by molar-refractivity contribution is 6.48. The summed E-state index contributed by atoms with van der Waals surface area (Å²) in [6.07, 6.45) is 0.114. The minimum absolute atomic E-state index is 0.0878. The number of halogens is 3. The van der Waals surface area contributed by atoms with Crippen molar-refractivity contribution in [1.29, 1.82) is 0 Å². The fraction of sp³-hybridized carbons (Fsp3) is 0.200. The first-order chi connectivity index (χ1) is 13.7. The summed E-state index contributed by atoms with van der Waals surface area (Å²) in [5.74, 6) is -2.15. The van der Waals surface area contributed by atoms with Crippen LogP contribution < -0.4 is 0 Å². The van der Waals surface area contributed by atoms with Crippen LogP contribution in [0.5, 0.6) is 0 Å². The number of aromatic carboxylic acids is 1. The Labute approximate surface area is 179 Å². The number of carboxylic acid groups (broad SMARTS) is 2. The van der Waals surface area contributed by atoms with Crippen molar-refractivity contribution in [3.8, 4) is 0 Å². The van der Waals surface area contributed by atoms with E-state index in [2.05, 4.69) is 4.98 Å². The van der Waals surface area contributed by atoms with Gasteiger partial charge in [0.15, 0.2) is 0 Å². The van der Waals surface area contributed by atoms with Crippen LogP contribution in [0.1, 0.15) is 33.6 Å². The van der Waals surface area contributed by atoms with Gasteiger partial charge in [0, 0.05) is 5.39 Å². The number of H-pyrrole nitrogens is 1. The van der Waals surface area contributed by atoms with Gasteiger partial charge in [-0.3, -0.25) is 4.79 Å². The van der Waals surface area contributed by atoms with E-state index >= 15 is 0 Å². The summed E-state index contributed by atoms with van der Waals surface area (Å²) in [4.78, 5) is 26.2. The second-order valence-corrected chi connectivity index (χ2v) is 7.95. The highest BCUT2D eigenvalue weighted by Crippen LogP contribution is 2.47. The first-order valence-corrected chi connectivity index (χ1v) is 9.76. The first-order valence-electron chi connectivity index (χ1n) is 8.62.